The number of Topliss-reactive ketones (excluding diaryl/α,β-unsaturated/α-hetero) is 1. The Hall–Kier alpha value is -1.20. The molecule has 3 heterocycles. The van der Waals surface area contributed by atoms with E-state index in [9.17, 15) is 13.2 Å². The van der Waals surface area contributed by atoms with E-state index in [0.717, 1.165) is 30.5 Å². The van der Waals surface area contributed by atoms with E-state index in [1.54, 1.807) is 6.92 Å². The maximum atomic E-state index is 11.7. The van der Waals surface area contributed by atoms with Crippen LogP contribution in [0.25, 0.3) is 0 Å². The fourth-order valence-electron chi connectivity index (χ4n) is 3.26. The van der Waals surface area contributed by atoms with Crippen LogP contribution in [0.4, 0.5) is 0 Å². The number of sulfone groups is 1. The van der Waals surface area contributed by atoms with Crippen LogP contribution in [0.3, 0.4) is 0 Å². The molecule has 2 atom stereocenters. The van der Waals surface area contributed by atoms with Gasteiger partial charge >= 0.3 is 0 Å². The summed E-state index contributed by atoms with van der Waals surface area (Å²) in [5, 5.41) is -0.298. The average Bonchev–Trinajstić information content (AvgIpc) is 2.45. The van der Waals surface area contributed by atoms with Crippen molar-refractivity contribution in [2.75, 3.05) is 19.6 Å². The van der Waals surface area contributed by atoms with Crippen LogP contribution < -0.4 is 0 Å². The molecule has 1 aromatic rings. The fourth-order valence-corrected chi connectivity index (χ4v) is 5.29. The summed E-state index contributed by atoms with van der Waals surface area (Å²) in [5.41, 5.74) is 1.84. The van der Waals surface area contributed by atoms with Crippen molar-refractivity contribution >= 4 is 15.6 Å². The molecular formula is C15H19NO3S. The van der Waals surface area contributed by atoms with Crippen LogP contribution in [0, 0.1) is 0 Å². The van der Waals surface area contributed by atoms with Crippen molar-refractivity contribution in [3.05, 3.63) is 35.4 Å². The second kappa shape index (κ2) is 4.97. The Labute approximate surface area is 119 Å². The largest absolute Gasteiger partial charge is 0.300 e. The first kappa shape index (κ1) is 13.8. The maximum Gasteiger partial charge on any atom is 0.160 e. The Morgan fingerprint density at radius 2 is 1.90 bits per heavy atom. The van der Waals surface area contributed by atoms with E-state index < -0.39 is 9.84 Å². The zero-order valence-electron chi connectivity index (χ0n) is 11.6. The second-order valence-electron chi connectivity index (χ2n) is 5.79. The van der Waals surface area contributed by atoms with E-state index in [-0.39, 0.29) is 16.3 Å². The van der Waals surface area contributed by atoms with E-state index in [4.69, 9.17) is 0 Å². The predicted octanol–water partition coefficient (Wildman–Crippen LogP) is 1.30. The fraction of sp³-hybridized carbons (Fsp3) is 0.533. The molecule has 5 heteroatoms. The van der Waals surface area contributed by atoms with Gasteiger partial charge in [0.15, 0.2) is 15.6 Å². The minimum atomic E-state index is -2.80. The normalized spacial score (nSPS) is 27.9. The molecule has 1 aromatic carbocycles. The van der Waals surface area contributed by atoms with E-state index >= 15 is 0 Å². The van der Waals surface area contributed by atoms with Crippen LogP contribution in [0.15, 0.2) is 24.3 Å². The van der Waals surface area contributed by atoms with Crippen LogP contribution in [0.2, 0.25) is 0 Å². The third-order valence-electron chi connectivity index (χ3n) is 4.47. The predicted molar refractivity (Wildman–Crippen MR) is 77.7 cm³/mol. The molecule has 3 fully saturated rings. The molecule has 3 aliphatic rings. The summed E-state index contributed by atoms with van der Waals surface area (Å²) >= 11 is 0. The van der Waals surface area contributed by atoms with Gasteiger partial charge in [-0.15, -0.1) is 0 Å². The van der Waals surface area contributed by atoms with Crippen molar-refractivity contribution in [2.24, 2.45) is 0 Å². The van der Waals surface area contributed by atoms with E-state index in [0.29, 0.717) is 13.1 Å². The number of rotatable bonds is 4. The first-order valence-electron chi connectivity index (χ1n) is 7.02. The summed E-state index contributed by atoms with van der Waals surface area (Å²) in [5.74, 6) is 0.0877. The van der Waals surface area contributed by atoms with Gasteiger partial charge in [-0.3, -0.25) is 4.79 Å². The Balaban J connectivity index is 1.63. The molecule has 3 saturated heterocycles. The summed E-state index contributed by atoms with van der Waals surface area (Å²) in [6, 6.07) is 7.66. The molecule has 0 aliphatic carbocycles. The summed E-state index contributed by atoms with van der Waals surface area (Å²) in [4.78, 5) is 13.8. The number of ketones is 1. The number of nitrogens with zero attached hydrogens (tertiary/aromatic N) is 1. The van der Waals surface area contributed by atoms with Crippen LogP contribution >= 0.6 is 0 Å². The van der Waals surface area contributed by atoms with Gasteiger partial charge in [0.05, 0.1) is 10.5 Å². The van der Waals surface area contributed by atoms with Gasteiger partial charge in [0.25, 0.3) is 0 Å². The molecule has 0 aromatic heterocycles. The van der Waals surface area contributed by atoms with Gasteiger partial charge in [0.1, 0.15) is 0 Å². The molecule has 0 amide bonds. The number of fused-ring (bicyclic) bond motifs is 2. The van der Waals surface area contributed by atoms with Gasteiger partial charge < -0.3 is 4.90 Å². The second-order valence-corrected chi connectivity index (χ2v) is 8.30. The molecule has 20 heavy (non-hydrogen) atoms. The van der Waals surface area contributed by atoms with Gasteiger partial charge in [-0.25, -0.2) is 8.42 Å². The van der Waals surface area contributed by atoms with Crippen molar-refractivity contribution in [1.82, 2.24) is 4.90 Å². The van der Waals surface area contributed by atoms with Crippen LogP contribution in [-0.4, -0.2) is 49.2 Å². The molecule has 2 bridgehead atoms. The highest BCUT2D eigenvalue weighted by Gasteiger charge is 2.51. The number of hydrogen-bond acceptors (Lipinski definition) is 4. The Kier molecular flexibility index (Phi) is 3.42. The number of benzene rings is 1. The van der Waals surface area contributed by atoms with Gasteiger partial charge in [-0.1, -0.05) is 24.3 Å². The Morgan fingerprint density at radius 1 is 1.25 bits per heavy atom. The summed E-state index contributed by atoms with van der Waals surface area (Å²) in [6.45, 7) is 3.72. The van der Waals surface area contributed by atoms with Gasteiger partial charge in [0, 0.05) is 25.2 Å². The number of piperidine rings is 1. The molecule has 0 saturated carbocycles. The molecule has 4 nitrogen and oxygen atoms in total. The minimum Gasteiger partial charge on any atom is -0.300 e. The quantitative estimate of drug-likeness (QED) is 0.785. The molecule has 0 N–H and O–H groups in total. The van der Waals surface area contributed by atoms with Gasteiger partial charge in [-0.2, -0.15) is 0 Å². The van der Waals surface area contributed by atoms with E-state index in [1.807, 2.05) is 24.3 Å². The first-order chi connectivity index (χ1) is 9.48. The molecule has 2 unspecified atom stereocenters. The average molecular weight is 293 g/mol. The summed E-state index contributed by atoms with van der Waals surface area (Å²) in [6.07, 6.45) is 1.64. The molecule has 108 valence electrons. The van der Waals surface area contributed by atoms with Crippen molar-refractivity contribution in [2.45, 2.75) is 30.3 Å². The van der Waals surface area contributed by atoms with Crippen LogP contribution in [0.5, 0.6) is 0 Å². The summed E-state index contributed by atoms with van der Waals surface area (Å²) in [7, 11) is -2.80. The maximum absolute atomic E-state index is 11.7. The zero-order chi connectivity index (χ0) is 14.3. The molecule has 4 rings (SSSR count). The lowest BCUT2D eigenvalue weighted by atomic mass is 10.0. The highest BCUT2D eigenvalue weighted by atomic mass is 32.2. The lowest BCUT2D eigenvalue weighted by Crippen LogP contribution is -2.62. The van der Waals surface area contributed by atoms with Crippen molar-refractivity contribution in [3.8, 4) is 0 Å². The molecular weight excluding hydrogens is 274 g/mol. The standard InChI is InChI=1S/C15H19NO3S/c1-11(17)15-5-3-2-4-12(15)6-7-16-9-13-8-14(10-16)20(13,18)19/h2-5,13-14H,6-10H2,1H3. The van der Waals surface area contributed by atoms with Crippen LogP contribution in [-0.2, 0) is 16.3 Å². The first-order valence-corrected chi connectivity index (χ1v) is 8.63. The number of hydrogen-bond donors (Lipinski definition) is 0. The molecule has 3 aliphatic heterocycles. The van der Waals surface area contributed by atoms with Gasteiger partial charge in [0.2, 0.25) is 0 Å². The van der Waals surface area contributed by atoms with Gasteiger partial charge in [-0.05, 0) is 25.3 Å². The third kappa shape index (κ3) is 2.29. The number of carbonyl (C=O) groups is 1. The Morgan fingerprint density at radius 3 is 2.50 bits per heavy atom. The van der Waals surface area contributed by atoms with Crippen molar-refractivity contribution < 1.29 is 13.2 Å². The molecule has 0 radical (unpaired) electrons. The lowest BCUT2D eigenvalue weighted by molar-refractivity contribution is 0.101. The van der Waals surface area contributed by atoms with Crippen LogP contribution in [0.1, 0.15) is 29.3 Å². The topological polar surface area (TPSA) is 54.5 Å². The SMILES string of the molecule is CC(=O)c1ccccc1CCN1CC2CC(C1)S2(=O)=O. The van der Waals surface area contributed by atoms with E-state index in [1.165, 1.54) is 0 Å². The number of carbonyl (C=O) groups excluding carboxylic acids is 1. The highest BCUT2D eigenvalue weighted by Crippen LogP contribution is 2.35. The third-order valence-corrected chi connectivity index (χ3v) is 7.01. The van der Waals surface area contributed by atoms with Crippen molar-refractivity contribution in [1.29, 1.82) is 0 Å². The lowest BCUT2D eigenvalue weighted by Gasteiger charge is -2.46. The molecule has 0 spiro atoms. The minimum absolute atomic E-state index is 0.0877. The smallest absolute Gasteiger partial charge is 0.160 e. The van der Waals surface area contributed by atoms with E-state index in [2.05, 4.69) is 4.90 Å². The zero-order valence-corrected chi connectivity index (χ0v) is 12.4. The monoisotopic (exact) mass is 293 g/mol. The summed E-state index contributed by atoms with van der Waals surface area (Å²) < 4.78 is 23.4. The highest BCUT2D eigenvalue weighted by molar-refractivity contribution is 7.94. The Bertz CT molecular complexity index is 620. The van der Waals surface area contributed by atoms with Crippen molar-refractivity contribution in [3.63, 3.8) is 0 Å².